The molecular weight excluding hydrogens is 248 g/mol. The van der Waals surface area contributed by atoms with Gasteiger partial charge in [-0.15, -0.1) is 11.8 Å². The molecule has 1 rings (SSSR count). The summed E-state index contributed by atoms with van der Waals surface area (Å²) in [5.41, 5.74) is 12.2. The quantitative estimate of drug-likeness (QED) is 0.649. The Labute approximate surface area is 91.2 Å². The van der Waals surface area contributed by atoms with Crippen LogP contribution >= 0.6 is 27.7 Å². The number of benzene rings is 1. The van der Waals surface area contributed by atoms with E-state index < -0.39 is 0 Å². The predicted octanol–water partition coefficient (Wildman–Crippen LogP) is 2.47. The molecule has 4 N–H and O–H groups in total. The molecule has 0 saturated heterocycles. The number of hydrogen-bond donors (Lipinski definition) is 2. The minimum Gasteiger partial charge on any atom is -0.398 e. The third-order valence-corrected chi connectivity index (χ3v) is 3.33. The van der Waals surface area contributed by atoms with E-state index in [4.69, 9.17) is 11.5 Å². The molecule has 4 heteroatoms. The molecule has 0 aliphatic carbocycles. The summed E-state index contributed by atoms with van der Waals surface area (Å²) in [6, 6.07) is 5.86. The van der Waals surface area contributed by atoms with Crippen molar-refractivity contribution in [3.63, 3.8) is 0 Å². The van der Waals surface area contributed by atoms with Crippen molar-refractivity contribution in [2.45, 2.75) is 17.1 Å². The Morgan fingerprint density at radius 1 is 1.54 bits per heavy atom. The molecule has 0 heterocycles. The lowest BCUT2D eigenvalue weighted by molar-refractivity contribution is 0.951. The van der Waals surface area contributed by atoms with E-state index in [-0.39, 0.29) is 0 Å². The fourth-order valence-corrected chi connectivity index (χ4v) is 2.32. The van der Waals surface area contributed by atoms with Gasteiger partial charge in [0.2, 0.25) is 0 Å². The highest BCUT2D eigenvalue weighted by Gasteiger charge is 2.05. The topological polar surface area (TPSA) is 52.0 Å². The fraction of sp³-hybridized carbons (Fsp3) is 0.333. The standard InChI is InChI=1S/C9H13BrN2S/c1-6(5-11)13-9-4-7(10)2-3-8(9)12/h2-4,6H,5,11-12H2,1H3. The summed E-state index contributed by atoms with van der Waals surface area (Å²) >= 11 is 5.11. The van der Waals surface area contributed by atoms with E-state index in [2.05, 4.69) is 22.9 Å². The molecule has 2 nitrogen and oxygen atoms in total. The number of anilines is 1. The van der Waals surface area contributed by atoms with E-state index in [1.807, 2.05) is 18.2 Å². The zero-order chi connectivity index (χ0) is 9.84. The second-order valence-corrected chi connectivity index (χ2v) is 5.24. The second-order valence-electron chi connectivity index (χ2n) is 2.85. The van der Waals surface area contributed by atoms with Crippen LogP contribution in [0.5, 0.6) is 0 Å². The Morgan fingerprint density at radius 3 is 2.85 bits per heavy atom. The van der Waals surface area contributed by atoms with Crippen LogP contribution in [0.25, 0.3) is 0 Å². The largest absolute Gasteiger partial charge is 0.398 e. The third-order valence-electron chi connectivity index (χ3n) is 1.64. The molecule has 1 atom stereocenters. The molecule has 0 aliphatic heterocycles. The number of nitrogens with two attached hydrogens (primary N) is 2. The van der Waals surface area contributed by atoms with Crippen molar-refractivity contribution in [3.05, 3.63) is 22.7 Å². The first-order valence-electron chi connectivity index (χ1n) is 4.05. The molecule has 1 aromatic carbocycles. The van der Waals surface area contributed by atoms with E-state index in [1.165, 1.54) is 0 Å². The van der Waals surface area contributed by atoms with Crippen LogP contribution in [-0.2, 0) is 0 Å². The van der Waals surface area contributed by atoms with Crippen LogP contribution in [0.2, 0.25) is 0 Å². The van der Waals surface area contributed by atoms with Crippen molar-refractivity contribution in [2.24, 2.45) is 5.73 Å². The monoisotopic (exact) mass is 260 g/mol. The summed E-state index contributed by atoms with van der Waals surface area (Å²) in [5.74, 6) is 0. The lowest BCUT2D eigenvalue weighted by atomic mass is 10.3. The van der Waals surface area contributed by atoms with E-state index in [0.29, 0.717) is 11.8 Å². The van der Waals surface area contributed by atoms with E-state index in [9.17, 15) is 0 Å². The Balaban J connectivity index is 2.81. The molecule has 1 aromatic rings. The van der Waals surface area contributed by atoms with Crippen molar-refractivity contribution in [3.8, 4) is 0 Å². The molecular formula is C9H13BrN2S. The summed E-state index contributed by atoms with van der Waals surface area (Å²) in [4.78, 5) is 1.09. The van der Waals surface area contributed by atoms with Gasteiger partial charge in [-0.3, -0.25) is 0 Å². The fourth-order valence-electron chi connectivity index (χ4n) is 0.875. The SMILES string of the molecule is CC(CN)Sc1cc(Br)ccc1N. The van der Waals surface area contributed by atoms with Crippen molar-refractivity contribution in [1.29, 1.82) is 0 Å². The van der Waals surface area contributed by atoms with Gasteiger partial charge in [0.05, 0.1) is 0 Å². The smallest absolute Gasteiger partial charge is 0.0453 e. The van der Waals surface area contributed by atoms with Gasteiger partial charge < -0.3 is 11.5 Å². The normalized spacial score (nSPS) is 12.8. The maximum Gasteiger partial charge on any atom is 0.0453 e. The van der Waals surface area contributed by atoms with Crippen LogP contribution in [0, 0.1) is 0 Å². The molecule has 0 fully saturated rings. The lowest BCUT2D eigenvalue weighted by Crippen LogP contribution is -2.12. The average Bonchev–Trinajstić information content (AvgIpc) is 2.11. The Morgan fingerprint density at radius 2 is 2.23 bits per heavy atom. The molecule has 13 heavy (non-hydrogen) atoms. The van der Waals surface area contributed by atoms with Gasteiger partial charge in [-0.05, 0) is 18.2 Å². The van der Waals surface area contributed by atoms with Crippen LogP contribution in [0.15, 0.2) is 27.6 Å². The Hall–Kier alpha value is -0.190. The summed E-state index contributed by atoms with van der Waals surface area (Å²) < 4.78 is 1.05. The second kappa shape index (κ2) is 4.88. The Bertz CT molecular complexity index is 291. The highest BCUT2D eigenvalue weighted by Crippen LogP contribution is 2.30. The van der Waals surface area contributed by atoms with Crippen LogP contribution < -0.4 is 11.5 Å². The maximum atomic E-state index is 5.81. The van der Waals surface area contributed by atoms with Crippen LogP contribution in [-0.4, -0.2) is 11.8 Å². The molecule has 72 valence electrons. The molecule has 0 aromatic heterocycles. The molecule has 0 amide bonds. The van der Waals surface area contributed by atoms with Crippen LogP contribution in [0.1, 0.15) is 6.92 Å². The lowest BCUT2D eigenvalue weighted by Gasteiger charge is -2.10. The van der Waals surface area contributed by atoms with Crippen molar-refractivity contribution in [1.82, 2.24) is 0 Å². The van der Waals surface area contributed by atoms with Gasteiger partial charge >= 0.3 is 0 Å². The summed E-state index contributed by atoms with van der Waals surface area (Å²) in [6.45, 7) is 2.75. The van der Waals surface area contributed by atoms with Crippen molar-refractivity contribution < 1.29 is 0 Å². The first-order valence-corrected chi connectivity index (χ1v) is 5.72. The first kappa shape index (κ1) is 10.9. The van der Waals surface area contributed by atoms with E-state index >= 15 is 0 Å². The molecule has 0 aliphatic rings. The molecule has 0 spiro atoms. The number of thioether (sulfide) groups is 1. The zero-order valence-electron chi connectivity index (χ0n) is 7.46. The maximum absolute atomic E-state index is 5.81. The van der Waals surface area contributed by atoms with Gasteiger partial charge in [0.1, 0.15) is 0 Å². The third kappa shape index (κ3) is 3.21. The van der Waals surface area contributed by atoms with Gasteiger partial charge in [0.25, 0.3) is 0 Å². The van der Waals surface area contributed by atoms with Gasteiger partial charge in [0, 0.05) is 26.9 Å². The number of hydrogen-bond acceptors (Lipinski definition) is 3. The molecule has 0 bridgehead atoms. The molecule has 0 saturated carbocycles. The average molecular weight is 261 g/mol. The zero-order valence-corrected chi connectivity index (χ0v) is 9.86. The molecule has 1 unspecified atom stereocenters. The number of rotatable bonds is 3. The molecule has 0 radical (unpaired) electrons. The minimum absolute atomic E-state index is 0.400. The predicted molar refractivity (Wildman–Crippen MR) is 62.9 cm³/mol. The number of nitrogen functional groups attached to an aromatic ring is 1. The van der Waals surface area contributed by atoms with Gasteiger partial charge in [-0.25, -0.2) is 0 Å². The summed E-state index contributed by atoms with van der Waals surface area (Å²) in [5, 5.41) is 0.400. The first-order chi connectivity index (χ1) is 6.13. The van der Waals surface area contributed by atoms with E-state index in [1.54, 1.807) is 11.8 Å². The number of halogens is 1. The van der Waals surface area contributed by atoms with E-state index in [0.717, 1.165) is 15.1 Å². The van der Waals surface area contributed by atoms with Crippen LogP contribution in [0.3, 0.4) is 0 Å². The minimum atomic E-state index is 0.400. The highest BCUT2D eigenvalue weighted by molar-refractivity contribution is 9.10. The highest BCUT2D eigenvalue weighted by atomic mass is 79.9. The van der Waals surface area contributed by atoms with Gasteiger partial charge in [-0.2, -0.15) is 0 Å². The summed E-state index contributed by atoms with van der Waals surface area (Å²) in [6.07, 6.45) is 0. The van der Waals surface area contributed by atoms with Crippen LogP contribution in [0.4, 0.5) is 5.69 Å². The van der Waals surface area contributed by atoms with Gasteiger partial charge in [0.15, 0.2) is 0 Å². The summed E-state index contributed by atoms with van der Waals surface area (Å²) in [7, 11) is 0. The van der Waals surface area contributed by atoms with Gasteiger partial charge in [-0.1, -0.05) is 22.9 Å². The van der Waals surface area contributed by atoms with Crippen molar-refractivity contribution in [2.75, 3.05) is 12.3 Å². The van der Waals surface area contributed by atoms with Crippen molar-refractivity contribution >= 4 is 33.4 Å². The Kier molecular flexibility index (Phi) is 4.09.